The van der Waals surface area contributed by atoms with Crippen LogP contribution in [0.5, 0.6) is 0 Å². The van der Waals surface area contributed by atoms with Crippen LogP contribution in [0.25, 0.3) is 0 Å². The molecule has 0 aromatic carbocycles. The SMILES string of the molecule is Cc1csc(SC2CCC(NC(=O)c3n[nH]nc3C)CC2)n1. The highest BCUT2D eigenvalue weighted by Crippen LogP contribution is 2.35. The molecule has 0 radical (unpaired) electrons. The summed E-state index contributed by atoms with van der Waals surface area (Å²) in [4.78, 5) is 16.6. The van der Waals surface area contributed by atoms with Crippen molar-refractivity contribution in [3.8, 4) is 0 Å². The van der Waals surface area contributed by atoms with E-state index in [2.05, 4.69) is 31.1 Å². The summed E-state index contributed by atoms with van der Waals surface area (Å²) in [5.74, 6) is -0.127. The molecule has 2 N–H and O–H groups in total. The lowest BCUT2D eigenvalue weighted by molar-refractivity contribution is 0.0922. The molecule has 1 saturated carbocycles. The molecule has 6 nitrogen and oxygen atoms in total. The van der Waals surface area contributed by atoms with Crippen LogP contribution in [0.2, 0.25) is 0 Å². The largest absolute Gasteiger partial charge is 0.348 e. The van der Waals surface area contributed by atoms with Crippen molar-refractivity contribution in [2.45, 2.75) is 55.2 Å². The fourth-order valence-corrected chi connectivity index (χ4v) is 4.89. The summed E-state index contributed by atoms with van der Waals surface area (Å²) in [7, 11) is 0. The van der Waals surface area contributed by atoms with Crippen molar-refractivity contribution in [1.82, 2.24) is 25.7 Å². The minimum absolute atomic E-state index is 0.127. The van der Waals surface area contributed by atoms with Crippen molar-refractivity contribution in [1.29, 1.82) is 0 Å². The number of aromatic nitrogens is 4. The molecule has 8 heteroatoms. The summed E-state index contributed by atoms with van der Waals surface area (Å²) >= 11 is 3.59. The number of H-pyrrole nitrogens is 1. The molecule has 2 aromatic rings. The number of carbonyl (C=O) groups is 1. The quantitative estimate of drug-likeness (QED) is 0.896. The molecule has 0 aliphatic heterocycles. The molecule has 1 aliphatic carbocycles. The summed E-state index contributed by atoms with van der Waals surface area (Å²) in [5, 5.41) is 16.0. The van der Waals surface area contributed by atoms with Crippen LogP contribution < -0.4 is 5.32 Å². The van der Waals surface area contributed by atoms with E-state index in [-0.39, 0.29) is 11.9 Å². The van der Waals surface area contributed by atoms with E-state index >= 15 is 0 Å². The van der Waals surface area contributed by atoms with Gasteiger partial charge in [-0.05, 0) is 39.5 Å². The smallest absolute Gasteiger partial charge is 0.273 e. The first-order chi connectivity index (χ1) is 10.6. The Morgan fingerprint density at radius 2 is 2.09 bits per heavy atom. The third-order valence-electron chi connectivity index (χ3n) is 3.81. The fourth-order valence-electron chi connectivity index (χ4n) is 2.61. The summed E-state index contributed by atoms with van der Waals surface area (Å²) in [5.41, 5.74) is 2.13. The van der Waals surface area contributed by atoms with E-state index in [0.29, 0.717) is 16.6 Å². The highest BCUT2D eigenvalue weighted by atomic mass is 32.2. The van der Waals surface area contributed by atoms with Crippen molar-refractivity contribution in [2.75, 3.05) is 0 Å². The van der Waals surface area contributed by atoms with E-state index in [9.17, 15) is 4.79 Å². The Labute approximate surface area is 137 Å². The van der Waals surface area contributed by atoms with Gasteiger partial charge in [-0.15, -0.1) is 11.3 Å². The van der Waals surface area contributed by atoms with Gasteiger partial charge in [-0.25, -0.2) is 4.98 Å². The van der Waals surface area contributed by atoms with Gasteiger partial charge in [-0.1, -0.05) is 11.8 Å². The van der Waals surface area contributed by atoms with Gasteiger partial charge in [0.2, 0.25) is 0 Å². The molecule has 2 aromatic heterocycles. The third-order valence-corrected chi connectivity index (χ3v) is 6.24. The van der Waals surface area contributed by atoms with Gasteiger partial charge >= 0.3 is 0 Å². The second-order valence-electron chi connectivity index (χ2n) is 5.58. The third kappa shape index (κ3) is 3.67. The lowest BCUT2D eigenvalue weighted by Crippen LogP contribution is -2.38. The second kappa shape index (κ2) is 6.78. The maximum absolute atomic E-state index is 12.1. The zero-order chi connectivity index (χ0) is 15.5. The molecule has 0 unspecified atom stereocenters. The van der Waals surface area contributed by atoms with Crippen LogP contribution in [0.15, 0.2) is 9.72 Å². The Balaban J connectivity index is 1.47. The van der Waals surface area contributed by atoms with E-state index in [1.165, 1.54) is 0 Å². The number of hydrogen-bond acceptors (Lipinski definition) is 6. The zero-order valence-corrected chi connectivity index (χ0v) is 14.3. The highest BCUT2D eigenvalue weighted by Gasteiger charge is 2.25. The van der Waals surface area contributed by atoms with E-state index < -0.39 is 0 Å². The first-order valence-corrected chi connectivity index (χ1v) is 9.15. The van der Waals surface area contributed by atoms with Gasteiger partial charge in [-0.3, -0.25) is 4.79 Å². The average molecular weight is 337 g/mol. The normalized spacial score (nSPS) is 21.7. The molecule has 0 atom stereocenters. The van der Waals surface area contributed by atoms with Gasteiger partial charge in [0.25, 0.3) is 5.91 Å². The number of nitrogens with zero attached hydrogens (tertiary/aromatic N) is 3. The van der Waals surface area contributed by atoms with E-state index in [0.717, 1.165) is 35.7 Å². The zero-order valence-electron chi connectivity index (χ0n) is 12.6. The van der Waals surface area contributed by atoms with Crippen molar-refractivity contribution in [2.24, 2.45) is 0 Å². The second-order valence-corrected chi connectivity index (χ2v) is 7.98. The summed E-state index contributed by atoms with van der Waals surface area (Å²) in [6, 6.07) is 0.235. The molecule has 118 valence electrons. The lowest BCUT2D eigenvalue weighted by Gasteiger charge is -2.28. The minimum Gasteiger partial charge on any atom is -0.348 e. The number of carbonyl (C=O) groups excluding carboxylic acids is 1. The number of nitrogens with one attached hydrogen (secondary N) is 2. The maximum Gasteiger partial charge on any atom is 0.273 e. The monoisotopic (exact) mass is 337 g/mol. The van der Waals surface area contributed by atoms with Gasteiger partial charge < -0.3 is 5.32 Å². The minimum atomic E-state index is -0.127. The van der Waals surface area contributed by atoms with Gasteiger partial charge in [0.15, 0.2) is 5.69 Å². The number of rotatable bonds is 4. The molecule has 1 aliphatic rings. The Morgan fingerprint density at radius 3 is 2.68 bits per heavy atom. The molecular formula is C14H19N5OS2. The molecule has 22 heavy (non-hydrogen) atoms. The fraction of sp³-hybridized carbons (Fsp3) is 0.571. The number of thiazole rings is 1. The van der Waals surface area contributed by atoms with Crippen LogP contribution in [-0.2, 0) is 0 Å². The van der Waals surface area contributed by atoms with Gasteiger partial charge in [0, 0.05) is 22.4 Å². The van der Waals surface area contributed by atoms with Crippen molar-refractivity contribution < 1.29 is 4.79 Å². The lowest BCUT2D eigenvalue weighted by atomic mass is 9.95. The van der Waals surface area contributed by atoms with Crippen LogP contribution in [0.3, 0.4) is 0 Å². The van der Waals surface area contributed by atoms with Crippen LogP contribution in [0, 0.1) is 13.8 Å². The van der Waals surface area contributed by atoms with Crippen molar-refractivity contribution in [3.05, 3.63) is 22.5 Å². The Kier molecular flexibility index (Phi) is 4.77. The van der Waals surface area contributed by atoms with Crippen LogP contribution >= 0.6 is 23.1 Å². The predicted molar refractivity (Wildman–Crippen MR) is 87.3 cm³/mol. The molecule has 2 heterocycles. The van der Waals surface area contributed by atoms with E-state index in [1.807, 2.05) is 18.7 Å². The topological polar surface area (TPSA) is 83.6 Å². The number of amides is 1. The Hall–Kier alpha value is -1.41. The standard InChI is InChI=1S/C14H19N5OS2/c1-8-7-21-14(15-8)22-11-5-3-10(4-6-11)16-13(20)12-9(2)17-19-18-12/h7,10-11H,3-6H2,1-2H3,(H,16,20)(H,17,18,19). The first kappa shape index (κ1) is 15.5. The molecule has 0 bridgehead atoms. The molecule has 1 amide bonds. The molecule has 3 rings (SSSR count). The van der Waals surface area contributed by atoms with Crippen LogP contribution in [0.1, 0.15) is 47.6 Å². The van der Waals surface area contributed by atoms with Crippen molar-refractivity contribution >= 4 is 29.0 Å². The molecule has 0 saturated heterocycles. The van der Waals surface area contributed by atoms with Gasteiger partial charge in [0.1, 0.15) is 4.34 Å². The predicted octanol–water partition coefficient (Wildman–Crippen LogP) is 2.71. The summed E-state index contributed by atoms with van der Waals surface area (Å²) in [6.45, 7) is 3.81. The molecule has 0 spiro atoms. The Morgan fingerprint density at radius 1 is 1.32 bits per heavy atom. The molecule has 1 fully saturated rings. The highest BCUT2D eigenvalue weighted by molar-refractivity contribution is 8.01. The van der Waals surface area contributed by atoms with Crippen molar-refractivity contribution in [3.63, 3.8) is 0 Å². The first-order valence-electron chi connectivity index (χ1n) is 7.39. The van der Waals surface area contributed by atoms with Gasteiger partial charge in [0.05, 0.1) is 5.69 Å². The summed E-state index contributed by atoms with van der Waals surface area (Å²) < 4.78 is 1.16. The maximum atomic E-state index is 12.1. The molecular weight excluding hydrogens is 318 g/mol. The summed E-state index contributed by atoms with van der Waals surface area (Å²) in [6.07, 6.45) is 4.22. The van der Waals surface area contributed by atoms with E-state index in [4.69, 9.17) is 0 Å². The van der Waals surface area contributed by atoms with Crippen LogP contribution in [0.4, 0.5) is 0 Å². The van der Waals surface area contributed by atoms with Gasteiger partial charge in [-0.2, -0.15) is 15.4 Å². The number of hydrogen-bond donors (Lipinski definition) is 2. The van der Waals surface area contributed by atoms with Crippen LogP contribution in [-0.4, -0.2) is 37.6 Å². The average Bonchev–Trinajstić information content (AvgIpc) is 3.10. The Bertz CT molecular complexity index is 645. The number of aryl methyl sites for hydroxylation is 2. The number of aromatic amines is 1. The number of thioether (sulfide) groups is 1. The van der Waals surface area contributed by atoms with E-state index in [1.54, 1.807) is 18.3 Å².